The van der Waals surface area contributed by atoms with Gasteiger partial charge in [0.05, 0.1) is 26.4 Å². The molecule has 20 heavy (non-hydrogen) atoms. The Labute approximate surface area is 120 Å². The molecule has 2 atom stereocenters. The minimum absolute atomic E-state index is 0.304. The summed E-state index contributed by atoms with van der Waals surface area (Å²) in [6, 6.07) is 5.55. The lowest BCUT2D eigenvalue weighted by molar-refractivity contribution is 0.00212. The quantitative estimate of drug-likeness (QED) is 0.870. The summed E-state index contributed by atoms with van der Waals surface area (Å²) in [6.45, 7) is 0.858. The summed E-state index contributed by atoms with van der Waals surface area (Å²) in [7, 11) is 3.21. The van der Waals surface area contributed by atoms with Gasteiger partial charge in [0.15, 0.2) is 11.5 Å². The van der Waals surface area contributed by atoms with Crippen LogP contribution in [-0.2, 0) is 4.74 Å². The Kier molecular flexibility index (Phi) is 5.68. The van der Waals surface area contributed by atoms with Crippen LogP contribution >= 0.6 is 0 Å². The highest BCUT2D eigenvalue weighted by atomic mass is 16.5. The Hall–Kier alpha value is -1.26. The largest absolute Gasteiger partial charge is 0.493 e. The van der Waals surface area contributed by atoms with E-state index < -0.39 is 6.10 Å². The normalized spacial score (nSPS) is 20.4. The maximum absolute atomic E-state index is 10.3. The summed E-state index contributed by atoms with van der Waals surface area (Å²) >= 11 is 0. The van der Waals surface area contributed by atoms with Crippen LogP contribution in [0.5, 0.6) is 11.5 Å². The summed E-state index contributed by atoms with van der Waals surface area (Å²) in [5, 5.41) is 10.3. The maximum atomic E-state index is 10.3. The lowest BCUT2D eigenvalue weighted by Crippen LogP contribution is -2.19. The highest BCUT2D eigenvalue weighted by Gasteiger charge is 2.17. The molecule has 0 saturated carbocycles. The van der Waals surface area contributed by atoms with Gasteiger partial charge in [-0.3, -0.25) is 0 Å². The molecule has 0 aromatic heterocycles. The van der Waals surface area contributed by atoms with Gasteiger partial charge in [0.25, 0.3) is 0 Å². The third-order valence-electron chi connectivity index (χ3n) is 3.83. The van der Waals surface area contributed by atoms with E-state index in [0.29, 0.717) is 24.0 Å². The number of hydrogen-bond acceptors (Lipinski definition) is 4. The molecule has 0 bridgehead atoms. The van der Waals surface area contributed by atoms with Crippen molar-refractivity contribution < 1.29 is 19.3 Å². The van der Waals surface area contributed by atoms with Crippen molar-refractivity contribution in [2.75, 3.05) is 20.8 Å². The standard InChI is InChI=1S/C16H24O4/c1-18-15-9-6-12(11-16(15)19-2)14(17)8-7-13-5-3-4-10-20-13/h6,9,11,13-14,17H,3-5,7-8,10H2,1-2H3. The van der Waals surface area contributed by atoms with Crippen LogP contribution in [0.1, 0.15) is 43.8 Å². The molecule has 112 valence electrons. The number of ether oxygens (including phenoxy) is 3. The van der Waals surface area contributed by atoms with Crippen molar-refractivity contribution in [3.8, 4) is 11.5 Å². The molecule has 2 unspecified atom stereocenters. The van der Waals surface area contributed by atoms with Gasteiger partial charge >= 0.3 is 0 Å². The van der Waals surface area contributed by atoms with Crippen molar-refractivity contribution in [2.24, 2.45) is 0 Å². The average Bonchev–Trinajstić information content (AvgIpc) is 2.52. The molecular formula is C16H24O4. The predicted molar refractivity (Wildman–Crippen MR) is 77.3 cm³/mol. The predicted octanol–water partition coefficient (Wildman–Crippen LogP) is 3.09. The minimum atomic E-state index is -0.486. The third-order valence-corrected chi connectivity index (χ3v) is 3.83. The molecule has 1 aromatic carbocycles. The number of methoxy groups -OCH3 is 2. The van der Waals surface area contributed by atoms with Gasteiger partial charge in [0.1, 0.15) is 0 Å². The van der Waals surface area contributed by atoms with Gasteiger partial charge < -0.3 is 19.3 Å². The van der Waals surface area contributed by atoms with Gasteiger partial charge in [-0.2, -0.15) is 0 Å². The van der Waals surface area contributed by atoms with Crippen molar-refractivity contribution in [3.63, 3.8) is 0 Å². The zero-order chi connectivity index (χ0) is 14.4. The highest BCUT2D eigenvalue weighted by molar-refractivity contribution is 5.43. The fraction of sp³-hybridized carbons (Fsp3) is 0.625. The van der Waals surface area contributed by atoms with E-state index in [1.807, 2.05) is 18.2 Å². The van der Waals surface area contributed by atoms with Crippen molar-refractivity contribution in [1.82, 2.24) is 0 Å². The van der Waals surface area contributed by atoms with Crippen molar-refractivity contribution in [1.29, 1.82) is 0 Å². The van der Waals surface area contributed by atoms with E-state index in [4.69, 9.17) is 14.2 Å². The third kappa shape index (κ3) is 3.87. The molecular weight excluding hydrogens is 256 g/mol. The Morgan fingerprint density at radius 2 is 2.05 bits per heavy atom. The van der Waals surface area contributed by atoms with Gasteiger partial charge in [-0.15, -0.1) is 0 Å². The molecule has 0 aliphatic carbocycles. The second-order valence-electron chi connectivity index (χ2n) is 5.20. The van der Waals surface area contributed by atoms with E-state index in [2.05, 4.69) is 0 Å². The van der Waals surface area contributed by atoms with E-state index in [0.717, 1.165) is 31.4 Å². The minimum Gasteiger partial charge on any atom is -0.493 e. The molecule has 0 amide bonds. The second-order valence-corrected chi connectivity index (χ2v) is 5.20. The van der Waals surface area contributed by atoms with E-state index in [-0.39, 0.29) is 0 Å². The molecule has 4 nitrogen and oxygen atoms in total. The maximum Gasteiger partial charge on any atom is 0.161 e. The molecule has 1 aromatic rings. The van der Waals surface area contributed by atoms with Gasteiger partial charge in [0, 0.05) is 6.61 Å². The first kappa shape index (κ1) is 15.1. The SMILES string of the molecule is COc1ccc(C(O)CCC2CCCCO2)cc1OC. The number of aliphatic hydroxyl groups excluding tert-OH is 1. The van der Waals surface area contributed by atoms with Crippen LogP contribution in [0.25, 0.3) is 0 Å². The van der Waals surface area contributed by atoms with E-state index >= 15 is 0 Å². The fourth-order valence-corrected chi connectivity index (χ4v) is 2.61. The monoisotopic (exact) mass is 280 g/mol. The van der Waals surface area contributed by atoms with Gasteiger partial charge in [0.2, 0.25) is 0 Å². The van der Waals surface area contributed by atoms with Crippen molar-refractivity contribution in [3.05, 3.63) is 23.8 Å². The van der Waals surface area contributed by atoms with Crippen LogP contribution in [0.3, 0.4) is 0 Å². The first-order valence-corrected chi connectivity index (χ1v) is 7.26. The molecule has 0 spiro atoms. The van der Waals surface area contributed by atoms with Crippen molar-refractivity contribution >= 4 is 0 Å². The Morgan fingerprint density at radius 3 is 2.70 bits per heavy atom. The summed E-state index contributed by atoms with van der Waals surface area (Å²) in [4.78, 5) is 0. The summed E-state index contributed by atoms with van der Waals surface area (Å²) < 4.78 is 16.1. The first-order valence-electron chi connectivity index (χ1n) is 7.26. The second kappa shape index (κ2) is 7.50. The number of benzene rings is 1. The molecule has 1 N–H and O–H groups in total. The summed E-state index contributed by atoms with van der Waals surface area (Å²) in [5.74, 6) is 1.33. The average molecular weight is 280 g/mol. The lowest BCUT2D eigenvalue weighted by atomic mass is 9.99. The van der Waals surface area contributed by atoms with Gasteiger partial charge in [-0.05, 0) is 49.8 Å². The van der Waals surface area contributed by atoms with Crippen LogP contribution in [-0.4, -0.2) is 32.0 Å². The molecule has 2 rings (SSSR count). The van der Waals surface area contributed by atoms with Gasteiger partial charge in [-0.1, -0.05) is 6.07 Å². The highest BCUT2D eigenvalue weighted by Crippen LogP contribution is 2.32. The zero-order valence-corrected chi connectivity index (χ0v) is 12.3. The van der Waals surface area contributed by atoms with Crippen LogP contribution in [0.4, 0.5) is 0 Å². The zero-order valence-electron chi connectivity index (χ0n) is 12.3. The van der Waals surface area contributed by atoms with Crippen molar-refractivity contribution in [2.45, 2.75) is 44.3 Å². The molecule has 1 saturated heterocycles. The molecule has 1 fully saturated rings. The number of hydrogen-bond donors (Lipinski definition) is 1. The molecule has 4 heteroatoms. The topological polar surface area (TPSA) is 47.9 Å². The van der Waals surface area contributed by atoms with Gasteiger partial charge in [-0.25, -0.2) is 0 Å². The molecule has 1 aliphatic heterocycles. The number of rotatable bonds is 6. The smallest absolute Gasteiger partial charge is 0.161 e. The summed E-state index contributed by atoms with van der Waals surface area (Å²) in [6.07, 6.45) is 4.93. The number of aliphatic hydroxyl groups is 1. The van der Waals surface area contributed by atoms with E-state index in [1.165, 1.54) is 6.42 Å². The molecule has 1 aliphatic rings. The fourth-order valence-electron chi connectivity index (χ4n) is 2.61. The van der Waals surface area contributed by atoms with Crippen LogP contribution in [0.15, 0.2) is 18.2 Å². The molecule has 0 radical (unpaired) electrons. The van der Waals surface area contributed by atoms with Crippen LogP contribution in [0.2, 0.25) is 0 Å². The van der Waals surface area contributed by atoms with E-state index in [1.54, 1.807) is 14.2 Å². The Bertz CT molecular complexity index is 413. The van der Waals surface area contributed by atoms with E-state index in [9.17, 15) is 5.11 Å². The summed E-state index contributed by atoms with van der Waals surface area (Å²) in [5.41, 5.74) is 0.860. The molecule has 1 heterocycles. The Morgan fingerprint density at radius 1 is 1.25 bits per heavy atom. The van der Waals surface area contributed by atoms with Crippen LogP contribution in [0, 0.1) is 0 Å². The Balaban J connectivity index is 1.92. The lowest BCUT2D eigenvalue weighted by Gasteiger charge is -2.23. The van der Waals surface area contributed by atoms with Crippen LogP contribution < -0.4 is 9.47 Å². The first-order chi connectivity index (χ1) is 9.74.